The van der Waals surface area contributed by atoms with E-state index in [2.05, 4.69) is 29.2 Å². The second-order valence-corrected chi connectivity index (χ2v) is 10.5. The Bertz CT molecular complexity index is 1660. The zero-order chi connectivity index (χ0) is 24.7. The first-order chi connectivity index (χ1) is 17.5. The van der Waals surface area contributed by atoms with Gasteiger partial charge in [0.15, 0.2) is 5.78 Å². The van der Waals surface area contributed by atoms with Gasteiger partial charge in [0.25, 0.3) is 0 Å². The first kappa shape index (κ1) is 22.0. The van der Waals surface area contributed by atoms with Crippen LogP contribution in [0.2, 0.25) is 0 Å². The maximum Gasteiger partial charge on any atom is 0.208 e. The summed E-state index contributed by atoms with van der Waals surface area (Å²) in [7, 11) is -3.74. The monoisotopic (exact) mass is 487 g/mol. The van der Waals surface area contributed by atoms with Crippen molar-refractivity contribution < 1.29 is 13.2 Å². The summed E-state index contributed by atoms with van der Waals surface area (Å²) < 4.78 is 26.2. The first-order valence-corrected chi connectivity index (χ1v) is 13.1. The van der Waals surface area contributed by atoms with Gasteiger partial charge >= 0.3 is 0 Å². The van der Waals surface area contributed by atoms with Crippen LogP contribution in [0.5, 0.6) is 0 Å². The summed E-state index contributed by atoms with van der Waals surface area (Å²) in [6.45, 7) is 0. The Hall–Kier alpha value is -4.48. The highest BCUT2D eigenvalue weighted by Crippen LogP contribution is 2.38. The fraction of sp³-hybridized carbons (Fsp3) is 0. The molecule has 174 valence electrons. The lowest BCUT2D eigenvalue weighted by Gasteiger charge is -2.25. The maximum absolute atomic E-state index is 13.2. The molecule has 0 aliphatic carbocycles. The SMILES string of the molecule is O=C1c2ccccc2S(=O)(=O)c2ccc(-c3ccc(N(c4ccccc4)c4ccccc4)cc3)cc21. The van der Waals surface area contributed by atoms with E-state index in [4.69, 9.17) is 0 Å². The van der Waals surface area contributed by atoms with E-state index in [1.54, 1.807) is 36.4 Å². The Morgan fingerprint density at radius 3 is 1.61 bits per heavy atom. The van der Waals surface area contributed by atoms with Gasteiger partial charge in [-0.25, -0.2) is 8.42 Å². The number of sulfone groups is 1. The van der Waals surface area contributed by atoms with E-state index in [9.17, 15) is 13.2 Å². The Kier molecular flexibility index (Phi) is 5.28. The predicted molar refractivity (Wildman–Crippen MR) is 142 cm³/mol. The lowest BCUT2D eigenvalue weighted by Crippen LogP contribution is -2.20. The first-order valence-electron chi connectivity index (χ1n) is 11.6. The summed E-state index contributed by atoms with van der Waals surface area (Å²) in [6.07, 6.45) is 0. The number of para-hydroxylation sites is 2. The number of benzene rings is 5. The van der Waals surface area contributed by atoms with Gasteiger partial charge in [0.2, 0.25) is 9.84 Å². The largest absolute Gasteiger partial charge is 0.311 e. The number of ketones is 1. The number of fused-ring (bicyclic) bond motifs is 2. The molecule has 1 aliphatic rings. The van der Waals surface area contributed by atoms with Crippen LogP contribution in [0, 0.1) is 0 Å². The van der Waals surface area contributed by atoms with Gasteiger partial charge < -0.3 is 4.90 Å². The highest BCUT2D eigenvalue weighted by atomic mass is 32.2. The molecule has 0 bridgehead atoms. The van der Waals surface area contributed by atoms with Crippen LogP contribution >= 0.6 is 0 Å². The van der Waals surface area contributed by atoms with Crippen molar-refractivity contribution in [2.45, 2.75) is 9.79 Å². The van der Waals surface area contributed by atoms with Gasteiger partial charge in [0.05, 0.1) is 9.79 Å². The zero-order valence-corrected chi connectivity index (χ0v) is 20.0. The minimum absolute atomic E-state index is 0.0610. The van der Waals surface area contributed by atoms with Gasteiger partial charge in [0.1, 0.15) is 0 Å². The van der Waals surface area contributed by atoms with Gasteiger partial charge in [-0.1, -0.05) is 66.7 Å². The third-order valence-corrected chi connectivity index (χ3v) is 8.29. The van der Waals surface area contributed by atoms with Crippen molar-refractivity contribution in [1.29, 1.82) is 0 Å². The average Bonchev–Trinajstić information content (AvgIpc) is 2.93. The van der Waals surface area contributed by atoms with E-state index in [0.29, 0.717) is 0 Å². The molecule has 0 aromatic heterocycles. The quantitative estimate of drug-likeness (QED) is 0.264. The zero-order valence-electron chi connectivity index (χ0n) is 19.2. The molecule has 0 N–H and O–H groups in total. The molecule has 0 fully saturated rings. The van der Waals surface area contributed by atoms with Gasteiger partial charge in [0, 0.05) is 28.2 Å². The van der Waals surface area contributed by atoms with E-state index < -0.39 is 9.84 Å². The molecule has 1 aliphatic heterocycles. The van der Waals surface area contributed by atoms with Gasteiger partial charge in [-0.05, 0) is 71.8 Å². The van der Waals surface area contributed by atoms with Gasteiger partial charge in [-0.2, -0.15) is 0 Å². The number of rotatable bonds is 4. The smallest absolute Gasteiger partial charge is 0.208 e. The fourth-order valence-electron chi connectivity index (χ4n) is 4.68. The van der Waals surface area contributed by atoms with E-state index >= 15 is 0 Å². The number of carbonyl (C=O) groups is 1. The van der Waals surface area contributed by atoms with Gasteiger partial charge in [-0.15, -0.1) is 0 Å². The summed E-state index contributed by atoms with van der Waals surface area (Å²) in [5.74, 6) is -0.270. The molecule has 0 spiro atoms. The molecule has 0 saturated carbocycles. The van der Waals surface area contributed by atoms with Crippen LogP contribution in [0.15, 0.2) is 137 Å². The normalized spacial score (nSPS) is 13.5. The Balaban J connectivity index is 1.40. The standard InChI is InChI=1S/C31H21NO3S/c33-31-27-13-7-8-14-29(27)36(34,35)30-20-17-23(21-28(30)31)22-15-18-26(19-16-22)32(24-9-3-1-4-10-24)25-11-5-2-6-12-25/h1-21H. The summed E-state index contributed by atoms with van der Waals surface area (Å²) in [5.41, 5.74) is 5.19. The molecule has 0 radical (unpaired) electrons. The van der Waals surface area contributed by atoms with Crippen LogP contribution in [-0.2, 0) is 9.84 Å². The molecule has 5 aromatic carbocycles. The van der Waals surface area contributed by atoms with Crippen LogP contribution in [0.25, 0.3) is 11.1 Å². The van der Waals surface area contributed by atoms with Crippen molar-refractivity contribution in [2.24, 2.45) is 0 Å². The molecule has 0 atom stereocenters. The summed E-state index contributed by atoms with van der Waals surface area (Å²) in [6, 6.07) is 39.7. The van der Waals surface area contributed by atoms with Crippen molar-refractivity contribution in [3.8, 4) is 11.1 Å². The highest BCUT2D eigenvalue weighted by molar-refractivity contribution is 7.91. The molecule has 6 rings (SSSR count). The number of hydrogen-bond donors (Lipinski definition) is 0. The second-order valence-electron chi connectivity index (χ2n) is 8.59. The lowest BCUT2D eigenvalue weighted by atomic mass is 9.97. The van der Waals surface area contributed by atoms with E-state index in [-0.39, 0.29) is 26.7 Å². The summed E-state index contributed by atoms with van der Waals surface area (Å²) in [4.78, 5) is 15.5. The molecule has 36 heavy (non-hydrogen) atoms. The second kappa shape index (κ2) is 8.63. The molecule has 4 nitrogen and oxygen atoms in total. The molecular weight excluding hydrogens is 466 g/mol. The van der Waals surface area contributed by atoms with E-state index in [1.165, 1.54) is 6.07 Å². The molecule has 5 heteroatoms. The van der Waals surface area contributed by atoms with Crippen LogP contribution in [-0.4, -0.2) is 14.2 Å². The third kappa shape index (κ3) is 3.61. The van der Waals surface area contributed by atoms with Crippen molar-refractivity contribution in [2.75, 3.05) is 4.90 Å². The van der Waals surface area contributed by atoms with Gasteiger partial charge in [-0.3, -0.25) is 4.79 Å². The fourth-order valence-corrected chi connectivity index (χ4v) is 6.31. The molecule has 0 amide bonds. The van der Waals surface area contributed by atoms with Crippen molar-refractivity contribution in [1.82, 2.24) is 0 Å². The average molecular weight is 488 g/mol. The number of hydrogen-bond acceptors (Lipinski definition) is 4. The minimum Gasteiger partial charge on any atom is -0.311 e. The van der Waals surface area contributed by atoms with E-state index in [0.717, 1.165) is 28.2 Å². The summed E-state index contributed by atoms with van der Waals surface area (Å²) >= 11 is 0. The molecule has 1 heterocycles. The van der Waals surface area contributed by atoms with Crippen molar-refractivity contribution in [3.63, 3.8) is 0 Å². The number of anilines is 3. The van der Waals surface area contributed by atoms with Crippen molar-refractivity contribution in [3.05, 3.63) is 139 Å². The van der Waals surface area contributed by atoms with Crippen LogP contribution in [0.1, 0.15) is 15.9 Å². The van der Waals surface area contributed by atoms with Crippen LogP contribution in [0.3, 0.4) is 0 Å². The highest BCUT2D eigenvalue weighted by Gasteiger charge is 2.34. The Labute approximate surface area is 210 Å². The third-order valence-electron chi connectivity index (χ3n) is 6.42. The van der Waals surface area contributed by atoms with Crippen LogP contribution in [0.4, 0.5) is 17.1 Å². The molecular formula is C31H21NO3S. The Morgan fingerprint density at radius 1 is 0.472 bits per heavy atom. The van der Waals surface area contributed by atoms with Crippen molar-refractivity contribution >= 4 is 32.7 Å². The van der Waals surface area contributed by atoms with Crippen LogP contribution < -0.4 is 4.90 Å². The number of nitrogens with zero attached hydrogens (tertiary/aromatic N) is 1. The maximum atomic E-state index is 13.2. The predicted octanol–water partition coefficient (Wildman–Crippen LogP) is 7.20. The molecule has 0 unspecified atom stereocenters. The molecule has 0 saturated heterocycles. The van der Waals surface area contributed by atoms with E-state index in [1.807, 2.05) is 60.7 Å². The topological polar surface area (TPSA) is 54.5 Å². The number of carbonyl (C=O) groups excluding carboxylic acids is 1. The summed E-state index contributed by atoms with van der Waals surface area (Å²) in [5, 5.41) is 0. The lowest BCUT2D eigenvalue weighted by molar-refractivity contribution is 0.103. The molecule has 5 aromatic rings. The Morgan fingerprint density at radius 2 is 0.972 bits per heavy atom. The minimum atomic E-state index is -3.74.